The Balaban J connectivity index is 1.74. The molecule has 0 heterocycles. The number of hydrogen-bond donors (Lipinski definition) is 1. The Hall–Kier alpha value is -2.20. The zero-order chi connectivity index (χ0) is 15.1. The van der Waals surface area contributed by atoms with Gasteiger partial charge in [-0.1, -0.05) is 35.9 Å². The van der Waals surface area contributed by atoms with Gasteiger partial charge < -0.3 is 10.1 Å². The van der Waals surface area contributed by atoms with Gasteiger partial charge in [-0.25, -0.2) is 4.79 Å². The molecule has 5 heteroatoms. The van der Waals surface area contributed by atoms with Crippen LogP contribution >= 0.6 is 11.6 Å². The summed E-state index contributed by atoms with van der Waals surface area (Å²) in [7, 11) is 1.72. The lowest BCUT2D eigenvalue weighted by atomic mass is 10.3. The molecule has 0 unspecified atom stereocenters. The molecule has 0 aliphatic heterocycles. The molecule has 0 radical (unpaired) electrons. The predicted molar refractivity (Wildman–Crippen MR) is 85.2 cm³/mol. The summed E-state index contributed by atoms with van der Waals surface area (Å²) in [4.78, 5) is 13.5. The number of urea groups is 1. The highest BCUT2D eigenvalue weighted by molar-refractivity contribution is 6.30. The molecule has 0 bridgehead atoms. The van der Waals surface area contributed by atoms with Gasteiger partial charge in [0.25, 0.3) is 0 Å². The smallest absolute Gasteiger partial charge is 0.321 e. The molecule has 2 rings (SSSR count). The first-order valence-electron chi connectivity index (χ1n) is 6.62. The number of nitrogens with zero attached hydrogens (tertiary/aromatic N) is 1. The Kier molecular flexibility index (Phi) is 5.46. The van der Waals surface area contributed by atoms with E-state index in [9.17, 15) is 4.79 Å². The summed E-state index contributed by atoms with van der Waals surface area (Å²) in [6.45, 7) is 0.803. The summed E-state index contributed by atoms with van der Waals surface area (Å²) < 4.78 is 5.50. The van der Waals surface area contributed by atoms with Crippen molar-refractivity contribution in [1.82, 2.24) is 5.32 Å². The van der Waals surface area contributed by atoms with Crippen molar-refractivity contribution < 1.29 is 9.53 Å². The maximum Gasteiger partial charge on any atom is 0.321 e. The first kappa shape index (κ1) is 15.2. The summed E-state index contributed by atoms with van der Waals surface area (Å²) in [6, 6.07) is 16.4. The van der Waals surface area contributed by atoms with Gasteiger partial charge in [-0.05, 0) is 30.3 Å². The lowest BCUT2D eigenvalue weighted by Crippen LogP contribution is -2.39. The molecule has 0 saturated carbocycles. The molecule has 2 aromatic carbocycles. The summed E-state index contributed by atoms with van der Waals surface area (Å²) in [5.41, 5.74) is 0.839. The van der Waals surface area contributed by atoms with Crippen LogP contribution in [0.1, 0.15) is 0 Å². The van der Waals surface area contributed by atoms with E-state index < -0.39 is 0 Å². The minimum atomic E-state index is -0.170. The SMILES string of the molecule is CN(C(=O)NCCOc1cccc(Cl)c1)c1ccccc1. The van der Waals surface area contributed by atoms with Crippen molar-refractivity contribution in [3.8, 4) is 5.75 Å². The van der Waals surface area contributed by atoms with Gasteiger partial charge in [0.15, 0.2) is 0 Å². The van der Waals surface area contributed by atoms with E-state index in [1.54, 1.807) is 24.1 Å². The van der Waals surface area contributed by atoms with Crippen LogP contribution in [0.25, 0.3) is 0 Å². The van der Waals surface area contributed by atoms with Gasteiger partial charge in [-0.15, -0.1) is 0 Å². The number of rotatable bonds is 5. The highest BCUT2D eigenvalue weighted by atomic mass is 35.5. The Morgan fingerprint density at radius 3 is 2.67 bits per heavy atom. The molecule has 4 nitrogen and oxygen atoms in total. The van der Waals surface area contributed by atoms with E-state index in [0.29, 0.717) is 23.9 Å². The maximum absolute atomic E-state index is 11.9. The molecule has 0 saturated heterocycles. The second kappa shape index (κ2) is 7.55. The summed E-state index contributed by atoms with van der Waals surface area (Å²) in [6.07, 6.45) is 0. The quantitative estimate of drug-likeness (QED) is 0.858. The van der Waals surface area contributed by atoms with Gasteiger partial charge in [-0.2, -0.15) is 0 Å². The zero-order valence-corrected chi connectivity index (χ0v) is 12.5. The lowest BCUT2D eigenvalue weighted by Gasteiger charge is -2.18. The third-order valence-corrected chi connectivity index (χ3v) is 3.13. The Morgan fingerprint density at radius 2 is 1.95 bits per heavy atom. The van der Waals surface area contributed by atoms with Crippen molar-refractivity contribution in [3.63, 3.8) is 0 Å². The number of benzene rings is 2. The fourth-order valence-corrected chi connectivity index (χ4v) is 1.95. The summed E-state index contributed by atoms with van der Waals surface area (Å²) in [5, 5.41) is 3.42. The normalized spacial score (nSPS) is 10.0. The van der Waals surface area contributed by atoms with Crippen molar-refractivity contribution in [1.29, 1.82) is 0 Å². The minimum Gasteiger partial charge on any atom is -0.492 e. The minimum absolute atomic E-state index is 0.170. The molecule has 0 atom stereocenters. The van der Waals surface area contributed by atoms with Crippen LogP contribution in [0, 0.1) is 0 Å². The van der Waals surface area contributed by atoms with Gasteiger partial charge >= 0.3 is 6.03 Å². The Labute approximate surface area is 129 Å². The summed E-state index contributed by atoms with van der Waals surface area (Å²) in [5.74, 6) is 0.688. The number of ether oxygens (including phenoxy) is 1. The van der Waals surface area contributed by atoms with E-state index in [0.717, 1.165) is 5.69 Å². The van der Waals surface area contributed by atoms with E-state index in [1.807, 2.05) is 42.5 Å². The third kappa shape index (κ3) is 4.68. The molecule has 0 aromatic heterocycles. The molecule has 0 fully saturated rings. The number of hydrogen-bond acceptors (Lipinski definition) is 2. The van der Waals surface area contributed by atoms with Gasteiger partial charge in [0.1, 0.15) is 12.4 Å². The van der Waals surface area contributed by atoms with Crippen molar-refractivity contribution >= 4 is 23.3 Å². The molecular weight excluding hydrogens is 288 g/mol. The van der Waals surface area contributed by atoms with E-state index in [2.05, 4.69) is 5.32 Å². The number of amides is 2. The van der Waals surface area contributed by atoms with E-state index in [4.69, 9.17) is 16.3 Å². The second-order valence-electron chi connectivity index (χ2n) is 4.43. The monoisotopic (exact) mass is 304 g/mol. The van der Waals surface area contributed by atoms with Crippen LogP contribution in [0.3, 0.4) is 0 Å². The predicted octanol–water partition coefficient (Wildman–Crippen LogP) is 3.56. The molecule has 2 amide bonds. The van der Waals surface area contributed by atoms with Crippen LogP contribution in [0.2, 0.25) is 5.02 Å². The van der Waals surface area contributed by atoms with Crippen LogP contribution < -0.4 is 15.0 Å². The van der Waals surface area contributed by atoms with Gasteiger partial charge in [0, 0.05) is 17.8 Å². The number of carbonyl (C=O) groups excluding carboxylic acids is 1. The van der Waals surface area contributed by atoms with Gasteiger partial charge in [-0.3, -0.25) is 4.90 Å². The van der Waals surface area contributed by atoms with Crippen LogP contribution in [0.5, 0.6) is 5.75 Å². The fraction of sp³-hybridized carbons (Fsp3) is 0.188. The molecule has 110 valence electrons. The summed E-state index contributed by atoms with van der Waals surface area (Å²) >= 11 is 5.86. The van der Waals surface area contributed by atoms with Crippen LogP contribution in [-0.2, 0) is 0 Å². The van der Waals surface area contributed by atoms with Crippen molar-refractivity contribution in [2.75, 3.05) is 25.1 Å². The molecule has 1 N–H and O–H groups in total. The topological polar surface area (TPSA) is 41.6 Å². The molecular formula is C16H17ClN2O2. The highest BCUT2D eigenvalue weighted by Gasteiger charge is 2.09. The number of carbonyl (C=O) groups is 1. The zero-order valence-electron chi connectivity index (χ0n) is 11.8. The van der Waals surface area contributed by atoms with E-state index in [1.165, 1.54) is 0 Å². The van der Waals surface area contributed by atoms with Crippen molar-refractivity contribution in [2.45, 2.75) is 0 Å². The Morgan fingerprint density at radius 1 is 1.19 bits per heavy atom. The molecule has 0 aliphatic rings. The van der Waals surface area contributed by atoms with Gasteiger partial charge in [0.05, 0.1) is 6.54 Å². The highest BCUT2D eigenvalue weighted by Crippen LogP contribution is 2.16. The maximum atomic E-state index is 11.9. The number of halogens is 1. The molecule has 0 aliphatic carbocycles. The number of anilines is 1. The fourth-order valence-electron chi connectivity index (χ4n) is 1.77. The average molecular weight is 305 g/mol. The van der Waals surface area contributed by atoms with Crippen LogP contribution in [0.15, 0.2) is 54.6 Å². The van der Waals surface area contributed by atoms with E-state index >= 15 is 0 Å². The van der Waals surface area contributed by atoms with Crippen molar-refractivity contribution in [2.24, 2.45) is 0 Å². The largest absolute Gasteiger partial charge is 0.492 e. The van der Waals surface area contributed by atoms with E-state index in [-0.39, 0.29) is 6.03 Å². The first-order chi connectivity index (χ1) is 10.2. The first-order valence-corrected chi connectivity index (χ1v) is 6.99. The molecule has 2 aromatic rings. The molecule has 21 heavy (non-hydrogen) atoms. The van der Waals surface area contributed by atoms with Gasteiger partial charge in [0.2, 0.25) is 0 Å². The molecule has 0 spiro atoms. The standard InChI is InChI=1S/C16H17ClN2O2/c1-19(14-7-3-2-4-8-14)16(20)18-10-11-21-15-9-5-6-13(17)12-15/h2-9,12H,10-11H2,1H3,(H,18,20). The average Bonchev–Trinajstić information content (AvgIpc) is 2.51. The third-order valence-electron chi connectivity index (χ3n) is 2.89. The number of para-hydroxylation sites is 1. The number of nitrogens with one attached hydrogen (secondary N) is 1. The second-order valence-corrected chi connectivity index (χ2v) is 4.87. The van der Waals surface area contributed by atoms with Crippen LogP contribution in [-0.4, -0.2) is 26.2 Å². The van der Waals surface area contributed by atoms with Crippen molar-refractivity contribution in [3.05, 3.63) is 59.6 Å². The lowest BCUT2D eigenvalue weighted by molar-refractivity contribution is 0.243. The van der Waals surface area contributed by atoms with Crippen LogP contribution in [0.4, 0.5) is 10.5 Å². The Bertz CT molecular complexity index is 590.